The number of carboxylic acid groups (broad SMARTS) is 1. The molecular formula is C11H7F3N2O2. The first-order valence-corrected chi connectivity index (χ1v) is 4.87. The van der Waals surface area contributed by atoms with Crippen LogP contribution in [0.15, 0.2) is 40.6 Å². The summed E-state index contributed by atoms with van der Waals surface area (Å²) in [4.78, 5) is 10.3. The predicted molar refractivity (Wildman–Crippen MR) is 55.7 cm³/mol. The van der Waals surface area contributed by atoms with Crippen LogP contribution < -0.4 is 0 Å². The maximum absolute atomic E-state index is 12.7. The first-order chi connectivity index (χ1) is 8.35. The number of benzene rings is 1. The zero-order valence-electron chi connectivity index (χ0n) is 8.85. The molecule has 0 aliphatic carbocycles. The highest BCUT2D eigenvalue weighted by Gasteiger charge is 2.65. The second-order valence-electron chi connectivity index (χ2n) is 3.66. The third kappa shape index (κ3) is 2.11. The van der Waals surface area contributed by atoms with Crippen molar-refractivity contribution in [2.75, 3.05) is 0 Å². The lowest BCUT2D eigenvalue weighted by Gasteiger charge is -2.14. The van der Waals surface area contributed by atoms with Crippen molar-refractivity contribution in [3.63, 3.8) is 0 Å². The molecule has 0 amide bonds. The molecule has 0 radical (unpaired) electrons. The Morgan fingerprint density at radius 1 is 1.22 bits per heavy atom. The van der Waals surface area contributed by atoms with Gasteiger partial charge < -0.3 is 5.11 Å². The molecule has 0 aromatic heterocycles. The van der Waals surface area contributed by atoms with Crippen molar-refractivity contribution in [2.45, 2.75) is 11.8 Å². The molecule has 1 heterocycles. The van der Waals surface area contributed by atoms with Gasteiger partial charge in [-0.25, -0.2) is 4.79 Å². The van der Waals surface area contributed by atoms with Crippen LogP contribution in [0.5, 0.6) is 0 Å². The zero-order chi connectivity index (χ0) is 13.4. The van der Waals surface area contributed by atoms with Crippen molar-refractivity contribution >= 4 is 12.0 Å². The third-order valence-corrected chi connectivity index (χ3v) is 2.43. The van der Waals surface area contributed by atoms with Gasteiger partial charge in [-0.15, -0.1) is 10.2 Å². The summed E-state index contributed by atoms with van der Waals surface area (Å²) >= 11 is 0. The topological polar surface area (TPSA) is 62.0 Å². The summed E-state index contributed by atoms with van der Waals surface area (Å²) in [6, 6.07) is 5.22. The lowest BCUT2D eigenvalue weighted by atomic mass is 10.0. The minimum absolute atomic E-state index is 0.0810. The standard InChI is InChI=1S/C11H7F3N2O2/c12-11(13,14)10(15-16-10)8-4-1-7(2-5-8)3-6-9(17)18/h1-6H,(H,17,18). The molecule has 1 aliphatic heterocycles. The number of aliphatic carboxylic acids is 1. The Morgan fingerprint density at radius 2 is 1.78 bits per heavy atom. The highest BCUT2D eigenvalue weighted by atomic mass is 19.4. The molecule has 0 saturated heterocycles. The number of carbonyl (C=O) groups is 1. The second kappa shape index (κ2) is 3.94. The van der Waals surface area contributed by atoms with Crippen LogP contribution in [0.1, 0.15) is 11.1 Å². The van der Waals surface area contributed by atoms with Gasteiger partial charge >= 0.3 is 17.8 Å². The molecule has 0 saturated carbocycles. The second-order valence-corrected chi connectivity index (χ2v) is 3.66. The number of rotatable bonds is 3. The van der Waals surface area contributed by atoms with E-state index in [-0.39, 0.29) is 5.56 Å². The van der Waals surface area contributed by atoms with Crippen molar-refractivity contribution in [3.8, 4) is 0 Å². The molecule has 1 N–H and O–H groups in total. The molecule has 1 aromatic rings. The van der Waals surface area contributed by atoms with Crippen molar-refractivity contribution in [3.05, 3.63) is 41.5 Å². The van der Waals surface area contributed by atoms with E-state index in [0.717, 1.165) is 6.08 Å². The van der Waals surface area contributed by atoms with Crippen LogP contribution in [0.25, 0.3) is 6.08 Å². The Morgan fingerprint density at radius 3 is 2.17 bits per heavy atom. The van der Waals surface area contributed by atoms with E-state index in [1.165, 1.54) is 30.3 Å². The van der Waals surface area contributed by atoms with Crippen LogP contribution in [0, 0.1) is 0 Å². The van der Waals surface area contributed by atoms with E-state index in [1.54, 1.807) is 0 Å². The molecule has 0 spiro atoms. The van der Waals surface area contributed by atoms with E-state index in [1.807, 2.05) is 0 Å². The van der Waals surface area contributed by atoms with Gasteiger partial charge in [0.25, 0.3) is 0 Å². The molecule has 0 bridgehead atoms. The van der Waals surface area contributed by atoms with Crippen LogP contribution in [-0.4, -0.2) is 17.3 Å². The van der Waals surface area contributed by atoms with E-state index in [4.69, 9.17) is 5.11 Å². The fourth-order valence-corrected chi connectivity index (χ4v) is 1.44. The highest BCUT2D eigenvalue weighted by Crippen LogP contribution is 2.52. The number of carboxylic acids is 1. The van der Waals surface area contributed by atoms with Crippen LogP contribution in [0.4, 0.5) is 13.2 Å². The molecule has 0 atom stereocenters. The highest BCUT2D eigenvalue weighted by molar-refractivity contribution is 5.85. The van der Waals surface area contributed by atoms with Gasteiger partial charge in [0.15, 0.2) is 0 Å². The Kier molecular flexibility index (Phi) is 2.68. The van der Waals surface area contributed by atoms with Crippen molar-refractivity contribution in [1.82, 2.24) is 0 Å². The summed E-state index contributed by atoms with van der Waals surface area (Å²) < 4.78 is 38.0. The van der Waals surface area contributed by atoms with E-state index >= 15 is 0 Å². The molecule has 18 heavy (non-hydrogen) atoms. The maximum atomic E-state index is 12.7. The molecule has 94 valence electrons. The van der Waals surface area contributed by atoms with Gasteiger partial charge in [-0.1, -0.05) is 24.3 Å². The summed E-state index contributed by atoms with van der Waals surface area (Å²) in [5.41, 5.74) is -2.02. The van der Waals surface area contributed by atoms with E-state index in [0.29, 0.717) is 5.56 Å². The molecule has 1 aliphatic rings. The van der Waals surface area contributed by atoms with Crippen LogP contribution >= 0.6 is 0 Å². The van der Waals surface area contributed by atoms with Gasteiger partial charge in [0.1, 0.15) is 0 Å². The van der Waals surface area contributed by atoms with Crippen LogP contribution in [0.2, 0.25) is 0 Å². The Labute approximate surface area is 99.5 Å². The zero-order valence-corrected chi connectivity index (χ0v) is 8.85. The SMILES string of the molecule is O=C(O)C=Cc1ccc(C2(C(F)(F)F)N=N2)cc1. The van der Waals surface area contributed by atoms with Gasteiger partial charge in [0, 0.05) is 11.6 Å². The summed E-state index contributed by atoms with van der Waals surface area (Å²) in [5.74, 6) is -1.13. The number of nitrogens with zero attached hydrogens (tertiary/aromatic N) is 2. The average molecular weight is 256 g/mol. The van der Waals surface area contributed by atoms with Crippen LogP contribution in [0.3, 0.4) is 0 Å². The van der Waals surface area contributed by atoms with E-state index < -0.39 is 17.8 Å². The summed E-state index contributed by atoms with van der Waals surface area (Å²) in [5, 5.41) is 14.5. The van der Waals surface area contributed by atoms with E-state index in [2.05, 4.69) is 10.2 Å². The Bertz CT molecular complexity index is 526. The molecule has 0 unspecified atom stereocenters. The van der Waals surface area contributed by atoms with Crippen LogP contribution in [-0.2, 0) is 10.5 Å². The van der Waals surface area contributed by atoms with Gasteiger partial charge in [0.2, 0.25) is 0 Å². The average Bonchev–Trinajstić information content (AvgIpc) is 3.07. The van der Waals surface area contributed by atoms with Gasteiger partial charge in [-0.2, -0.15) is 13.2 Å². The monoisotopic (exact) mass is 256 g/mol. The maximum Gasteiger partial charge on any atom is 0.442 e. The summed E-state index contributed by atoms with van der Waals surface area (Å²) in [6.07, 6.45) is -2.36. The van der Waals surface area contributed by atoms with Crippen molar-refractivity contribution in [2.24, 2.45) is 10.2 Å². The quantitative estimate of drug-likeness (QED) is 0.845. The number of alkyl halides is 3. The smallest absolute Gasteiger partial charge is 0.442 e. The number of hydrogen-bond donors (Lipinski definition) is 1. The third-order valence-electron chi connectivity index (χ3n) is 2.43. The van der Waals surface area contributed by atoms with Gasteiger partial charge in [0.05, 0.1) is 0 Å². The molecule has 7 heteroatoms. The minimum Gasteiger partial charge on any atom is -0.478 e. The fourth-order valence-electron chi connectivity index (χ4n) is 1.44. The van der Waals surface area contributed by atoms with E-state index in [9.17, 15) is 18.0 Å². The first-order valence-electron chi connectivity index (χ1n) is 4.87. The normalized spacial score (nSPS) is 17.1. The lowest BCUT2D eigenvalue weighted by molar-refractivity contribution is -0.166. The summed E-state index contributed by atoms with van der Waals surface area (Å²) in [6.45, 7) is 0. The van der Waals surface area contributed by atoms with Crippen molar-refractivity contribution < 1.29 is 23.1 Å². The van der Waals surface area contributed by atoms with Gasteiger partial charge in [-0.05, 0) is 11.6 Å². The molecule has 4 nitrogen and oxygen atoms in total. The Balaban J connectivity index is 2.21. The minimum atomic E-state index is -4.55. The fraction of sp³-hybridized carbons (Fsp3) is 0.182. The molecule has 2 rings (SSSR count). The molecule has 1 aromatic carbocycles. The lowest BCUT2D eigenvalue weighted by Crippen LogP contribution is -2.29. The summed E-state index contributed by atoms with van der Waals surface area (Å²) in [7, 11) is 0. The number of halogens is 3. The van der Waals surface area contributed by atoms with Gasteiger partial charge in [-0.3, -0.25) is 0 Å². The van der Waals surface area contributed by atoms with Crippen molar-refractivity contribution in [1.29, 1.82) is 0 Å². The largest absolute Gasteiger partial charge is 0.478 e. The first kappa shape index (κ1) is 12.3. The predicted octanol–water partition coefficient (Wildman–Crippen LogP) is 2.97. The molecule has 0 fully saturated rings. The number of hydrogen-bond acceptors (Lipinski definition) is 3. The Hall–Kier alpha value is -2.18. The molecular weight excluding hydrogens is 249 g/mol.